The van der Waals surface area contributed by atoms with Gasteiger partial charge in [0.2, 0.25) is 10.0 Å². The number of hydrogen-bond donors (Lipinski definition) is 0. The molecule has 2 bridgehead atoms. The largest absolute Gasteiger partial charge is 0.468 e. The summed E-state index contributed by atoms with van der Waals surface area (Å²) in [7, 11) is -3.51. The van der Waals surface area contributed by atoms with Gasteiger partial charge in [-0.3, -0.25) is 4.79 Å². The number of nitrogens with zero attached hydrogens (tertiary/aromatic N) is 1. The summed E-state index contributed by atoms with van der Waals surface area (Å²) in [6, 6.07) is 3.41. The minimum atomic E-state index is -3.51. The zero-order valence-electron chi connectivity index (χ0n) is 14.3. The topological polar surface area (TPSA) is 67.6 Å². The van der Waals surface area contributed by atoms with Crippen LogP contribution in [0.1, 0.15) is 57.8 Å². The molecule has 3 aliphatic rings. The van der Waals surface area contributed by atoms with E-state index >= 15 is 0 Å². The molecule has 24 heavy (non-hydrogen) atoms. The Bertz CT molecular complexity index is 752. The molecule has 5 nitrogen and oxygen atoms in total. The van der Waals surface area contributed by atoms with Gasteiger partial charge in [0, 0.05) is 18.4 Å². The number of furan rings is 1. The summed E-state index contributed by atoms with van der Waals surface area (Å²) in [6.07, 6.45) is 5.42. The van der Waals surface area contributed by atoms with Gasteiger partial charge in [0.05, 0.1) is 18.1 Å². The molecule has 1 aliphatic heterocycles. The zero-order valence-corrected chi connectivity index (χ0v) is 15.1. The number of carbonyl (C=O) groups is 1. The second-order valence-electron chi connectivity index (χ2n) is 8.21. The highest BCUT2D eigenvalue weighted by atomic mass is 32.2. The predicted molar refractivity (Wildman–Crippen MR) is 89.7 cm³/mol. The first-order valence-corrected chi connectivity index (χ1v) is 10.5. The van der Waals surface area contributed by atoms with Gasteiger partial charge in [-0.25, -0.2) is 8.42 Å². The molecule has 0 radical (unpaired) electrons. The van der Waals surface area contributed by atoms with Gasteiger partial charge >= 0.3 is 0 Å². The van der Waals surface area contributed by atoms with Crippen LogP contribution in [0.5, 0.6) is 0 Å². The lowest BCUT2D eigenvalue weighted by molar-refractivity contribution is -0.128. The molecule has 1 aromatic heterocycles. The number of carbonyl (C=O) groups excluding carboxylic acids is 1. The number of sulfonamides is 1. The fourth-order valence-electron chi connectivity index (χ4n) is 5.34. The highest BCUT2D eigenvalue weighted by Crippen LogP contribution is 2.64. The van der Waals surface area contributed by atoms with Crippen molar-refractivity contribution in [3.05, 3.63) is 24.2 Å². The molecule has 2 saturated carbocycles. The first-order chi connectivity index (χ1) is 11.3. The normalized spacial score (nSPS) is 35.8. The van der Waals surface area contributed by atoms with Gasteiger partial charge in [0.25, 0.3) is 0 Å². The van der Waals surface area contributed by atoms with Crippen molar-refractivity contribution in [3.63, 3.8) is 0 Å². The molecular formula is C18H25NO4S. The summed E-state index contributed by atoms with van der Waals surface area (Å²) in [4.78, 5) is 12.7. The van der Waals surface area contributed by atoms with Crippen LogP contribution in [0.2, 0.25) is 0 Å². The summed E-state index contributed by atoms with van der Waals surface area (Å²) in [5, 5.41) is 0. The average molecular weight is 351 g/mol. The molecule has 6 heteroatoms. The second kappa shape index (κ2) is 5.18. The average Bonchev–Trinajstić information content (AvgIpc) is 3.24. The van der Waals surface area contributed by atoms with Gasteiger partial charge < -0.3 is 4.42 Å². The van der Waals surface area contributed by atoms with Gasteiger partial charge in [-0.05, 0) is 49.1 Å². The van der Waals surface area contributed by atoms with Crippen LogP contribution in [-0.2, 0) is 14.8 Å². The van der Waals surface area contributed by atoms with Gasteiger partial charge in [0.1, 0.15) is 11.5 Å². The lowest BCUT2D eigenvalue weighted by Gasteiger charge is -2.37. The van der Waals surface area contributed by atoms with Crippen LogP contribution in [0, 0.1) is 16.7 Å². The van der Waals surface area contributed by atoms with Crippen molar-refractivity contribution >= 4 is 15.8 Å². The van der Waals surface area contributed by atoms with Gasteiger partial charge in [-0.2, -0.15) is 4.31 Å². The van der Waals surface area contributed by atoms with E-state index in [2.05, 4.69) is 13.8 Å². The Morgan fingerprint density at radius 2 is 2.12 bits per heavy atom. The molecule has 1 aromatic rings. The summed E-state index contributed by atoms with van der Waals surface area (Å²) >= 11 is 0. The van der Waals surface area contributed by atoms with E-state index in [0.717, 1.165) is 19.3 Å². The van der Waals surface area contributed by atoms with E-state index in [9.17, 15) is 13.2 Å². The van der Waals surface area contributed by atoms with E-state index in [-0.39, 0.29) is 23.0 Å². The van der Waals surface area contributed by atoms with Crippen molar-refractivity contribution in [1.82, 2.24) is 4.31 Å². The minimum Gasteiger partial charge on any atom is -0.468 e. The van der Waals surface area contributed by atoms with E-state index in [1.807, 2.05) is 6.07 Å². The SMILES string of the molecule is CC1(C)C2CCC1(CS(=O)(=O)N1CCCC1c1ccco1)C(=O)C2. The van der Waals surface area contributed by atoms with Crippen molar-refractivity contribution in [2.24, 2.45) is 16.7 Å². The van der Waals surface area contributed by atoms with E-state index in [4.69, 9.17) is 4.42 Å². The van der Waals surface area contributed by atoms with Crippen LogP contribution in [0.4, 0.5) is 0 Å². The molecule has 0 spiro atoms. The van der Waals surface area contributed by atoms with Crippen molar-refractivity contribution < 1.29 is 17.6 Å². The summed E-state index contributed by atoms with van der Waals surface area (Å²) in [5.74, 6) is 1.15. The molecular weight excluding hydrogens is 326 g/mol. The van der Waals surface area contributed by atoms with Crippen LogP contribution < -0.4 is 0 Å². The summed E-state index contributed by atoms with van der Waals surface area (Å²) in [6.45, 7) is 4.68. The maximum atomic E-state index is 13.2. The summed E-state index contributed by atoms with van der Waals surface area (Å²) < 4.78 is 33.5. The van der Waals surface area contributed by atoms with E-state index in [0.29, 0.717) is 31.1 Å². The van der Waals surface area contributed by atoms with Crippen LogP contribution in [0.3, 0.4) is 0 Å². The van der Waals surface area contributed by atoms with Crippen molar-refractivity contribution in [3.8, 4) is 0 Å². The standard InChI is InChI=1S/C18H25NO4S/c1-17(2)13-7-8-18(17,16(20)11-13)12-24(21,22)19-9-3-5-14(19)15-6-4-10-23-15/h4,6,10,13-14H,3,5,7-9,11-12H2,1-2H3. The Balaban J connectivity index is 1.65. The maximum absolute atomic E-state index is 13.2. The highest BCUT2D eigenvalue weighted by Gasteiger charge is 2.65. The Morgan fingerprint density at radius 3 is 2.71 bits per heavy atom. The molecule has 4 rings (SSSR count). The number of fused-ring (bicyclic) bond motifs is 2. The zero-order chi connectivity index (χ0) is 17.2. The quantitative estimate of drug-likeness (QED) is 0.836. The Hall–Kier alpha value is -1.14. The van der Waals surface area contributed by atoms with Gasteiger partial charge in [0.15, 0.2) is 0 Å². The predicted octanol–water partition coefficient (Wildman–Crippen LogP) is 3.14. The van der Waals surface area contributed by atoms with Crippen molar-refractivity contribution in [2.45, 2.75) is 52.0 Å². The third kappa shape index (κ3) is 2.08. The molecule has 3 atom stereocenters. The van der Waals surface area contributed by atoms with Gasteiger partial charge in [-0.15, -0.1) is 0 Å². The molecule has 0 amide bonds. The Labute approximate surface area is 143 Å². The van der Waals surface area contributed by atoms with Crippen LogP contribution in [-0.4, -0.2) is 30.8 Å². The Kier molecular flexibility index (Phi) is 3.52. The molecule has 1 saturated heterocycles. The third-order valence-corrected chi connectivity index (χ3v) is 9.01. The molecule has 0 N–H and O–H groups in total. The maximum Gasteiger partial charge on any atom is 0.215 e. The number of hydrogen-bond acceptors (Lipinski definition) is 4. The van der Waals surface area contributed by atoms with E-state index in [1.54, 1.807) is 16.6 Å². The van der Waals surface area contributed by atoms with E-state index in [1.165, 1.54) is 0 Å². The lowest BCUT2D eigenvalue weighted by Crippen LogP contribution is -2.46. The lowest BCUT2D eigenvalue weighted by atomic mass is 9.70. The number of rotatable bonds is 4. The molecule has 2 aliphatic carbocycles. The highest BCUT2D eigenvalue weighted by molar-refractivity contribution is 7.89. The number of Topliss-reactive ketones (excluding diaryl/α,β-unsaturated/α-hetero) is 1. The molecule has 0 aromatic carbocycles. The Morgan fingerprint density at radius 1 is 1.33 bits per heavy atom. The molecule has 3 unspecified atom stereocenters. The molecule has 2 heterocycles. The second-order valence-corrected chi connectivity index (χ2v) is 10.1. The van der Waals surface area contributed by atoms with Crippen LogP contribution >= 0.6 is 0 Å². The fraction of sp³-hybridized carbons (Fsp3) is 0.722. The van der Waals surface area contributed by atoms with Crippen LogP contribution in [0.25, 0.3) is 0 Å². The number of ketones is 1. The first-order valence-electron chi connectivity index (χ1n) is 8.84. The third-order valence-electron chi connectivity index (χ3n) is 7.00. The fourth-order valence-corrected chi connectivity index (χ4v) is 7.81. The van der Waals surface area contributed by atoms with Gasteiger partial charge in [-0.1, -0.05) is 13.8 Å². The molecule has 132 valence electrons. The molecule has 3 fully saturated rings. The van der Waals surface area contributed by atoms with Crippen molar-refractivity contribution in [1.29, 1.82) is 0 Å². The minimum absolute atomic E-state index is 0.0421. The van der Waals surface area contributed by atoms with Crippen molar-refractivity contribution in [2.75, 3.05) is 12.3 Å². The first kappa shape index (κ1) is 16.3. The van der Waals surface area contributed by atoms with E-state index < -0.39 is 15.4 Å². The monoisotopic (exact) mass is 351 g/mol. The summed E-state index contributed by atoms with van der Waals surface area (Å²) in [5.41, 5.74) is -0.927. The smallest absolute Gasteiger partial charge is 0.215 e. The van der Waals surface area contributed by atoms with Crippen LogP contribution in [0.15, 0.2) is 22.8 Å².